The standard InChI is InChI=1S/C24H19N2.C12H10N4.Ir/c1-15-11-12-21-20(13-15)18-9-4-5-10-19(18)24-25-14-22(26(21)24)23-16(2)7-6-8-17(23)3;1-15-9-16(10-5-3-2-4-6-10)12-11(15)7-13-8-14-12;/h4-9,11-14H,1-3H3;2-5,7-9H,1H3;/q-1;-2;+3. The fraction of sp³-hybridized carbons (Fsp3) is 0.111. The summed E-state index contributed by atoms with van der Waals surface area (Å²) in [4.78, 5) is 17.1. The number of benzene rings is 4. The molecule has 4 heterocycles. The van der Waals surface area contributed by atoms with E-state index in [0.717, 1.165) is 33.9 Å². The molecule has 4 aromatic carbocycles. The maximum atomic E-state index is 4.81. The normalized spacial score (nSPS) is 12.3. The van der Waals surface area contributed by atoms with Crippen LogP contribution < -0.4 is 9.80 Å². The molecule has 0 N–H and O–H groups in total. The zero-order valence-electron chi connectivity index (χ0n) is 24.3. The van der Waals surface area contributed by atoms with E-state index in [-0.39, 0.29) is 20.1 Å². The number of fused-ring (bicyclic) bond motifs is 7. The molecule has 8 rings (SSSR count). The maximum absolute atomic E-state index is 4.81. The van der Waals surface area contributed by atoms with E-state index in [1.165, 1.54) is 38.5 Å². The van der Waals surface area contributed by atoms with Gasteiger partial charge in [-0.2, -0.15) is 37.0 Å². The van der Waals surface area contributed by atoms with Gasteiger partial charge in [-0.05, 0) is 50.4 Å². The van der Waals surface area contributed by atoms with Crippen LogP contribution in [0.25, 0.3) is 38.6 Å². The number of para-hydroxylation sites is 1. The minimum absolute atomic E-state index is 0. The van der Waals surface area contributed by atoms with E-state index in [2.05, 4.69) is 95.8 Å². The van der Waals surface area contributed by atoms with E-state index in [9.17, 15) is 0 Å². The number of hydrogen-bond acceptors (Lipinski definition) is 5. The van der Waals surface area contributed by atoms with Gasteiger partial charge in [0, 0.05) is 17.3 Å². The van der Waals surface area contributed by atoms with E-state index in [4.69, 9.17) is 4.98 Å². The summed E-state index contributed by atoms with van der Waals surface area (Å²) in [6, 6.07) is 33.7. The van der Waals surface area contributed by atoms with Crippen LogP contribution in [0.3, 0.4) is 0 Å². The van der Waals surface area contributed by atoms with Crippen LogP contribution in [0.2, 0.25) is 0 Å². The second-order valence-electron chi connectivity index (χ2n) is 10.6. The van der Waals surface area contributed by atoms with Crippen LogP contribution in [0.5, 0.6) is 0 Å². The molecule has 1 aliphatic heterocycles. The monoisotopic (exact) mass is 738 g/mol. The molecule has 7 heteroatoms. The van der Waals surface area contributed by atoms with Gasteiger partial charge in [0.15, 0.2) is 0 Å². The van der Waals surface area contributed by atoms with Gasteiger partial charge in [-0.3, -0.25) is 4.98 Å². The number of aryl methyl sites for hydroxylation is 3. The number of anilines is 3. The summed E-state index contributed by atoms with van der Waals surface area (Å²) in [5.74, 6) is 0.889. The van der Waals surface area contributed by atoms with E-state index in [1.54, 1.807) is 6.33 Å². The number of nitrogens with zero attached hydrogens (tertiary/aromatic N) is 6. The molecule has 0 aliphatic carbocycles. The van der Waals surface area contributed by atoms with Crippen molar-refractivity contribution in [1.82, 2.24) is 19.4 Å². The first-order valence-electron chi connectivity index (χ1n) is 13.9. The Balaban J connectivity index is 0.000000167. The predicted molar refractivity (Wildman–Crippen MR) is 171 cm³/mol. The van der Waals surface area contributed by atoms with Crippen LogP contribution in [0, 0.1) is 39.6 Å². The van der Waals surface area contributed by atoms with Gasteiger partial charge < -0.3 is 14.2 Å². The zero-order valence-corrected chi connectivity index (χ0v) is 26.7. The summed E-state index contributed by atoms with van der Waals surface area (Å²) in [7, 11) is 1.98. The molecule has 0 fully saturated rings. The van der Waals surface area contributed by atoms with Gasteiger partial charge >= 0.3 is 20.1 Å². The Morgan fingerprint density at radius 2 is 1.60 bits per heavy atom. The molecule has 0 saturated heterocycles. The number of imidazole rings is 1. The van der Waals surface area contributed by atoms with Crippen LogP contribution in [0.1, 0.15) is 16.7 Å². The van der Waals surface area contributed by atoms with Crippen molar-refractivity contribution in [3.63, 3.8) is 0 Å². The Hall–Kier alpha value is -4.58. The molecule has 0 atom stereocenters. The molecule has 0 radical (unpaired) electrons. The van der Waals surface area contributed by atoms with Crippen molar-refractivity contribution in [3.05, 3.63) is 133 Å². The Kier molecular flexibility index (Phi) is 7.70. The summed E-state index contributed by atoms with van der Waals surface area (Å²) < 4.78 is 2.29. The van der Waals surface area contributed by atoms with Crippen LogP contribution >= 0.6 is 0 Å². The first-order chi connectivity index (χ1) is 20.5. The molecule has 7 aromatic rings. The van der Waals surface area contributed by atoms with Crippen molar-refractivity contribution in [2.45, 2.75) is 20.8 Å². The van der Waals surface area contributed by atoms with Gasteiger partial charge in [0.1, 0.15) is 12.1 Å². The van der Waals surface area contributed by atoms with E-state index in [1.807, 2.05) is 66.2 Å². The van der Waals surface area contributed by atoms with Crippen LogP contribution in [0.15, 0.2) is 97.6 Å². The van der Waals surface area contributed by atoms with E-state index < -0.39 is 0 Å². The third kappa shape index (κ3) is 4.95. The second-order valence-corrected chi connectivity index (χ2v) is 10.6. The van der Waals surface area contributed by atoms with E-state index in [0.29, 0.717) is 0 Å². The topological polar surface area (TPSA) is 49.6 Å². The predicted octanol–water partition coefficient (Wildman–Crippen LogP) is 8.01. The molecule has 1 aliphatic rings. The minimum Gasteiger partial charge on any atom is -0.501 e. The Labute approximate surface area is 265 Å². The minimum atomic E-state index is 0. The van der Waals surface area contributed by atoms with Crippen molar-refractivity contribution >= 4 is 44.5 Å². The summed E-state index contributed by atoms with van der Waals surface area (Å²) in [6.45, 7) is 8.45. The maximum Gasteiger partial charge on any atom is 3.00 e. The van der Waals surface area contributed by atoms with Crippen molar-refractivity contribution in [3.8, 4) is 11.3 Å². The smallest absolute Gasteiger partial charge is 0.501 e. The Morgan fingerprint density at radius 1 is 0.791 bits per heavy atom. The van der Waals surface area contributed by atoms with Gasteiger partial charge in [0.25, 0.3) is 0 Å². The molecule has 43 heavy (non-hydrogen) atoms. The van der Waals surface area contributed by atoms with Crippen LogP contribution in [0.4, 0.5) is 17.2 Å². The van der Waals surface area contributed by atoms with Crippen molar-refractivity contribution in [2.75, 3.05) is 16.8 Å². The molecule has 6 nitrogen and oxygen atoms in total. The number of pyridine rings is 1. The van der Waals surface area contributed by atoms with Gasteiger partial charge in [-0.1, -0.05) is 41.3 Å². The quantitative estimate of drug-likeness (QED) is 0.133. The molecular formula is C36H29IrN6. The van der Waals surface area contributed by atoms with Crippen molar-refractivity contribution < 1.29 is 20.1 Å². The zero-order chi connectivity index (χ0) is 28.8. The Bertz CT molecular complexity index is 2070. The molecular weight excluding hydrogens is 709 g/mol. The first kappa shape index (κ1) is 28.5. The number of aromatic nitrogens is 4. The molecule has 0 unspecified atom stereocenters. The second kappa shape index (κ2) is 11.6. The first-order valence-corrected chi connectivity index (χ1v) is 13.9. The van der Waals surface area contributed by atoms with Gasteiger partial charge in [-0.25, -0.2) is 9.97 Å². The summed E-state index contributed by atoms with van der Waals surface area (Å²) >= 11 is 0. The SMILES string of the molecule is CN1[CH-]N(c2[c-]cccc2)c2ncncc21.Cc1ccc2c(c1)c1ccc[c-]c1c1ncc(-c3c(C)cccc3C)n21.[Ir+3]. The largest absolute Gasteiger partial charge is 3.00 e. The summed E-state index contributed by atoms with van der Waals surface area (Å²) in [5, 5.41) is 3.52. The van der Waals surface area contributed by atoms with Crippen molar-refractivity contribution in [1.29, 1.82) is 0 Å². The number of hydrogen-bond donors (Lipinski definition) is 0. The molecule has 0 amide bonds. The van der Waals surface area contributed by atoms with Gasteiger partial charge in [0.05, 0.1) is 23.2 Å². The average Bonchev–Trinajstić information content (AvgIpc) is 3.60. The third-order valence-electron chi connectivity index (χ3n) is 7.78. The van der Waals surface area contributed by atoms with E-state index >= 15 is 0 Å². The average molecular weight is 738 g/mol. The van der Waals surface area contributed by atoms with Crippen LogP contribution in [-0.4, -0.2) is 26.4 Å². The van der Waals surface area contributed by atoms with Gasteiger partial charge in [0.2, 0.25) is 0 Å². The van der Waals surface area contributed by atoms with Gasteiger partial charge in [-0.15, -0.1) is 35.3 Å². The third-order valence-corrected chi connectivity index (χ3v) is 7.78. The summed E-state index contributed by atoms with van der Waals surface area (Å²) in [6.07, 6.45) is 5.37. The molecule has 0 bridgehead atoms. The molecule has 212 valence electrons. The fourth-order valence-electron chi connectivity index (χ4n) is 5.82. The summed E-state index contributed by atoms with van der Waals surface area (Å²) in [5.41, 5.74) is 10.3. The molecule has 3 aromatic heterocycles. The van der Waals surface area contributed by atoms with Crippen LogP contribution in [-0.2, 0) is 20.1 Å². The molecule has 0 saturated carbocycles. The molecule has 0 spiro atoms. The number of rotatable bonds is 2. The Morgan fingerprint density at radius 3 is 2.40 bits per heavy atom. The van der Waals surface area contributed by atoms with Crippen molar-refractivity contribution in [2.24, 2.45) is 0 Å². The fourth-order valence-corrected chi connectivity index (χ4v) is 5.82.